The topological polar surface area (TPSA) is 21.3 Å². The van der Waals surface area contributed by atoms with Crippen molar-refractivity contribution >= 4 is 0 Å². The van der Waals surface area contributed by atoms with Gasteiger partial charge in [0, 0.05) is 0 Å². The van der Waals surface area contributed by atoms with Crippen LogP contribution in [0.3, 0.4) is 0 Å². The van der Waals surface area contributed by atoms with E-state index in [9.17, 15) is 0 Å². The van der Waals surface area contributed by atoms with Crippen LogP contribution in [0, 0.1) is 0 Å². The van der Waals surface area contributed by atoms with Crippen molar-refractivity contribution in [2.24, 2.45) is 0 Å². The van der Waals surface area contributed by atoms with Crippen LogP contribution in [-0.2, 0) is 4.74 Å². The summed E-state index contributed by atoms with van der Waals surface area (Å²) in [6.07, 6.45) is 7.91. The second-order valence-electron chi connectivity index (χ2n) is 2.24. The molecule has 0 aromatic rings. The molecule has 1 N–H and O–H groups in total. The summed E-state index contributed by atoms with van der Waals surface area (Å²) in [7, 11) is 0. The molecule has 1 heterocycles. The molecule has 2 heteroatoms. The van der Waals surface area contributed by atoms with Gasteiger partial charge < -0.3 is 10.1 Å². The molecule has 0 radical (unpaired) electrons. The second kappa shape index (κ2) is 7.47. The van der Waals surface area contributed by atoms with Gasteiger partial charge in [0.25, 0.3) is 0 Å². The van der Waals surface area contributed by atoms with Crippen LogP contribution in [0.1, 0.15) is 27.7 Å². The fraction of sp³-hybridized carbons (Fsp3) is 0.455. The molecule has 2 nitrogen and oxygen atoms in total. The maximum atomic E-state index is 5.29. The first-order valence-corrected chi connectivity index (χ1v) is 4.75. The predicted molar refractivity (Wildman–Crippen MR) is 57.1 cm³/mol. The van der Waals surface area contributed by atoms with Gasteiger partial charge in [-0.05, 0) is 26.0 Å². The summed E-state index contributed by atoms with van der Waals surface area (Å²) in [6.45, 7) is 8.54. The molecule has 0 aliphatic carbocycles. The molecule has 13 heavy (non-hydrogen) atoms. The zero-order chi connectivity index (χ0) is 10.1. The highest BCUT2D eigenvalue weighted by atomic mass is 16.5. The molecular weight excluding hydrogens is 162 g/mol. The van der Waals surface area contributed by atoms with Crippen LogP contribution in [0.25, 0.3) is 0 Å². The molecule has 0 spiro atoms. The number of nitrogens with one attached hydrogen (secondary N) is 1. The third kappa shape index (κ3) is 3.83. The lowest BCUT2D eigenvalue weighted by Gasteiger charge is -1.92. The summed E-state index contributed by atoms with van der Waals surface area (Å²) in [5, 5.41) is 3.11. The summed E-state index contributed by atoms with van der Waals surface area (Å²) in [5.41, 5.74) is 1.06. The van der Waals surface area contributed by atoms with E-state index in [4.69, 9.17) is 4.74 Å². The molecule has 0 aromatic heterocycles. The Morgan fingerprint density at radius 3 is 2.31 bits per heavy atom. The largest absolute Gasteiger partial charge is 0.471 e. The summed E-state index contributed by atoms with van der Waals surface area (Å²) in [6, 6.07) is 0. The normalized spacial score (nSPS) is 15.7. The fourth-order valence-corrected chi connectivity index (χ4v) is 0.953. The SMILES string of the molecule is C/C=C\C1=C(/C=C\C)OCN1.CC. The van der Waals surface area contributed by atoms with E-state index >= 15 is 0 Å². The van der Waals surface area contributed by atoms with E-state index in [1.165, 1.54) is 0 Å². The van der Waals surface area contributed by atoms with Crippen LogP contribution < -0.4 is 5.32 Å². The minimum atomic E-state index is 0.583. The molecule has 0 unspecified atom stereocenters. The molecular formula is C11H19NO. The lowest BCUT2D eigenvalue weighted by atomic mass is 10.3. The van der Waals surface area contributed by atoms with Crippen molar-refractivity contribution in [3.8, 4) is 0 Å². The molecule has 1 rings (SSSR count). The predicted octanol–water partition coefficient (Wildman–Crippen LogP) is 2.95. The van der Waals surface area contributed by atoms with Crippen molar-refractivity contribution in [1.82, 2.24) is 5.32 Å². The molecule has 0 saturated heterocycles. The van der Waals surface area contributed by atoms with Crippen molar-refractivity contribution in [3.05, 3.63) is 35.8 Å². The molecule has 0 aromatic carbocycles. The molecule has 0 bridgehead atoms. The van der Waals surface area contributed by atoms with Gasteiger partial charge in [-0.15, -0.1) is 0 Å². The summed E-state index contributed by atoms with van der Waals surface area (Å²) < 4.78 is 5.29. The first-order valence-electron chi connectivity index (χ1n) is 4.75. The van der Waals surface area contributed by atoms with E-state index in [2.05, 4.69) is 5.32 Å². The minimum Gasteiger partial charge on any atom is -0.471 e. The van der Waals surface area contributed by atoms with Crippen LogP contribution in [-0.4, -0.2) is 6.73 Å². The van der Waals surface area contributed by atoms with Crippen molar-refractivity contribution in [2.45, 2.75) is 27.7 Å². The van der Waals surface area contributed by atoms with Crippen LogP contribution in [0.15, 0.2) is 35.8 Å². The maximum Gasteiger partial charge on any atom is 0.159 e. The highest BCUT2D eigenvalue weighted by Gasteiger charge is 2.08. The van der Waals surface area contributed by atoms with E-state index in [-0.39, 0.29) is 0 Å². The monoisotopic (exact) mass is 181 g/mol. The second-order valence-corrected chi connectivity index (χ2v) is 2.24. The zero-order valence-corrected chi connectivity index (χ0v) is 8.92. The van der Waals surface area contributed by atoms with Crippen molar-refractivity contribution < 1.29 is 4.74 Å². The average Bonchev–Trinajstić information content (AvgIpc) is 2.58. The molecule has 1 aliphatic rings. The average molecular weight is 181 g/mol. The van der Waals surface area contributed by atoms with Crippen LogP contribution in [0.4, 0.5) is 0 Å². The number of hydrogen-bond acceptors (Lipinski definition) is 2. The van der Waals surface area contributed by atoms with Gasteiger partial charge in [-0.1, -0.05) is 26.0 Å². The van der Waals surface area contributed by atoms with Crippen molar-refractivity contribution in [2.75, 3.05) is 6.73 Å². The molecule has 1 aliphatic heterocycles. The number of rotatable bonds is 2. The van der Waals surface area contributed by atoms with Gasteiger partial charge in [-0.2, -0.15) is 0 Å². The third-order valence-electron chi connectivity index (χ3n) is 1.41. The Morgan fingerprint density at radius 2 is 1.77 bits per heavy atom. The fourth-order valence-electron chi connectivity index (χ4n) is 0.953. The van der Waals surface area contributed by atoms with Gasteiger partial charge in [0.1, 0.15) is 5.76 Å². The van der Waals surface area contributed by atoms with E-state index in [0.717, 1.165) is 11.5 Å². The van der Waals surface area contributed by atoms with Gasteiger partial charge in [0.2, 0.25) is 0 Å². The lowest BCUT2D eigenvalue weighted by molar-refractivity contribution is 0.244. The van der Waals surface area contributed by atoms with E-state index < -0.39 is 0 Å². The molecule has 74 valence electrons. The first-order chi connectivity index (χ1) is 6.38. The number of hydrogen-bond donors (Lipinski definition) is 1. The van der Waals surface area contributed by atoms with Gasteiger partial charge in [-0.25, -0.2) is 0 Å². The standard InChI is InChI=1S/C9H13NO.C2H6/c1-3-5-8-9(6-4-2)11-7-10-8;1-2/h3-6,10H,7H2,1-2H3;1-2H3/b5-3-,6-4-;. The Hall–Kier alpha value is -1.18. The quantitative estimate of drug-likeness (QED) is 0.707. The minimum absolute atomic E-state index is 0.583. The Balaban J connectivity index is 0.000000671. The zero-order valence-electron chi connectivity index (χ0n) is 8.92. The van der Waals surface area contributed by atoms with Crippen LogP contribution in [0.5, 0.6) is 0 Å². The molecule has 0 atom stereocenters. The highest BCUT2D eigenvalue weighted by molar-refractivity contribution is 5.29. The van der Waals surface area contributed by atoms with Crippen LogP contribution >= 0.6 is 0 Å². The summed E-state index contributed by atoms with van der Waals surface area (Å²) >= 11 is 0. The van der Waals surface area contributed by atoms with Gasteiger partial charge in [-0.3, -0.25) is 0 Å². The smallest absolute Gasteiger partial charge is 0.159 e. The molecule has 0 amide bonds. The Labute approximate surface area is 81.0 Å². The van der Waals surface area contributed by atoms with E-state index in [1.807, 2.05) is 52.0 Å². The Kier molecular flexibility index (Phi) is 6.79. The first kappa shape index (κ1) is 11.8. The Morgan fingerprint density at radius 1 is 1.15 bits per heavy atom. The van der Waals surface area contributed by atoms with E-state index in [1.54, 1.807) is 0 Å². The Bertz CT molecular complexity index is 192. The summed E-state index contributed by atoms with van der Waals surface area (Å²) in [4.78, 5) is 0. The van der Waals surface area contributed by atoms with Crippen molar-refractivity contribution in [1.29, 1.82) is 0 Å². The summed E-state index contributed by atoms with van der Waals surface area (Å²) in [5.74, 6) is 0.922. The van der Waals surface area contributed by atoms with Crippen LogP contribution in [0.2, 0.25) is 0 Å². The highest BCUT2D eigenvalue weighted by Crippen LogP contribution is 2.12. The molecule has 0 saturated carbocycles. The van der Waals surface area contributed by atoms with Crippen molar-refractivity contribution in [3.63, 3.8) is 0 Å². The number of allylic oxidation sites excluding steroid dienone is 4. The van der Waals surface area contributed by atoms with Gasteiger partial charge in [0.15, 0.2) is 6.73 Å². The lowest BCUT2D eigenvalue weighted by Crippen LogP contribution is -2.05. The molecule has 0 fully saturated rings. The van der Waals surface area contributed by atoms with Gasteiger partial charge >= 0.3 is 0 Å². The third-order valence-corrected chi connectivity index (χ3v) is 1.41. The van der Waals surface area contributed by atoms with E-state index in [0.29, 0.717) is 6.73 Å². The maximum absolute atomic E-state index is 5.29. The van der Waals surface area contributed by atoms with Gasteiger partial charge in [0.05, 0.1) is 5.70 Å². The number of ether oxygens (including phenoxy) is 1.